The summed E-state index contributed by atoms with van der Waals surface area (Å²) in [4.78, 5) is 76.8. The first-order chi connectivity index (χ1) is 30.8. The Morgan fingerprint density at radius 3 is 2.52 bits per heavy atom. The number of hydrazine groups is 1. The van der Waals surface area contributed by atoms with E-state index in [4.69, 9.17) is 9.47 Å². The summed E-state index contributed by atoms with van der Waals surface area (Å²) in [6.45, 7) is 13.3. The van der Waals surface area contributed by atoms with Gasteiger partial charge in [0.2, 0.25) is 17.7 Å². The zero-order valence-corrected chi connectivity index (χ0v) is 39.1. The largest absolute Gasteiger partial charge is 0.508 e. The van der Waals surface area contributed by atoms with Gasteiger partial charge in [-0.1, -0.05) is 39.8 Å². The van der Waals surface area contributed by atoms with Crippen molar-refractivity contribution in [2.24, 2.45) is 11.3 Å². The molecule has 16 nitrogen and oxygen atoms in total. The molecular weight excluding hydrogens is 829 g/mol. The molecule has 2 aromatic heterocycles. The number of amides is 4. The van der Waals surface area contributed by atoms with Gasteiger partial charge in [0.25, 0.3) is 5.91 Å². The molecule has 6 bridgehead atoms. The number of nitrogens with one attached hydrogen (secondary N) is 3. The van der Waals surface area contributed by atoms with Gasteiger partial charge < -0.3 is 39.6 Å². The Balaban J connectivity index is 1.29. The van der Waals surface area contributed by atoms with Crippen LogP contribution in [0.3, 0.4) is 0 Å². The second kappa shape index (κ2) is 18.9. The number of hydrogen-bond acceptors (Lipinski definition) is 11. The fourth-order valence-corrected chi connectivity index (χ4v) is 9.36. The highest BCUT2D eigenvalue weighted by Crippen LogP contribution is 2.41. The molecule has 7 rings (SSSR count). The molecule has 4 N–H and O–H groups in total. The summed E-state index contributed by atoms with van der Waals surface area (Å²) in [7, 11) is 4.75. The average Bonchev–Trinajstić information content (AvgIpc) is 3.96. The number of hydrogen-bond donors (Lipinski definition) is 4. The Bertz CT molecular complexity index is 2480. The maximum Gasteiger partial charge on any atom is 0.324 e. The fourth-order valence-electron chi connectivity index (χ4n) is 9.36. The van der Waals surface area contributed by atoms with Crippen LogP contribution in [0.2, 0.25) is 0 Å². The van der Waals surface area contributed by atoms with Gasteiger partial charge >= 0.3 is 5.97 Å². The van der Waals surface area contributed by atoms with E-state index < -0.39 is 52.8 Å². The molecule has 0 aliphatic carbocycles. The quantitative estimate of drug-likeness (QED) is 0.125. The monoisotopic (exact) mass is 892 g/mol. The number of nitrogens with zero attached hydrogens (tertiary/aromatic N) is 5. The average molecular weight is 893 g/mol. The maximum atomic E-state index is 14.7. The second-order valence-corrected chi connectivity index (χ2v) is 19.2. The third kappa shape index (κ3) is 10.0. The number of fused-ring (bicyclic) bond motifs is 6. The number of likely N-dealkylation sites (N-methyl/N-ethyl adjacent to an activating group) is 2. The summed E-state index contributed by atoms with van der Waals surface area (Å²) in [5.41, 5.74) is 8.97. The fraction of sp³-hybridized carbons (Fsp3) is 0.510. The molecule has 2 aromatic carbocycles. The number of benzene rings is 2. The number of carbonyl (C=O) groups excluding carboxylic acids is 5. The van der Waals surface area contributed by atoms with E-state index in [0.717, 1.165) is 38.9 Å². The number of phenols is 1. The van der Waals surface area contributed by atoms with Gasteiger partial charge in [0.1, 0.15) is 29.4 Å². The molecule has 2 saturated heterocycles. The van der Waals surface area contributed by atoms with Gasteiger partial charge in [-0.3, -0.25) is 34.0 Å². The summed E-state index contributed by atoms with van der Waals surface area (Å²) in [6.07, 6.45) is 5.09. The number of carbonyl (C=O) groups is 5. The molecule has 2 fully saturated rings. The minimum absolute atomic E-state index is 0.0181. The normalized spacial score (nSPS) is 21.4. The molecule has 3 aliphatic heterocycles. The number of phenolic OH excluding ortho intramolecular Hbond substituents is 1. The predicted molar refractivity (Wildman–Crippen MR) is 246 cm³/mol. The lowest BCUT2D eigenvalue weighted by atomic mass is 9.84. The molecule has 4 atom stereocenters. The van der Waals surface area contributed by atoms with Gasteiger partial charge in [0.15, 0.2) is 0 Å². The minimum atomic E-state index is -1.18. The molecule has 4 aromatic rings. The van der Waals surface area contributed by atoms with Crippen molar-refractivity contribution in [2.45, 2.75) is 104 Å². The van der Waals surface area contributed by atoms with Gasteiger partial charge in [0.05, 0.1) is 25.5 Å². The van der Waals surface area contributed by atoms with E-state index in [1.807, 2.05) is 38.2 Å². The molecule has 348 valence electrons. The van der Waals surface area contributed by atoms with Crippen LogP contribution in [0.1, 0.15) is 71.1 Å². The number of cyclic esters (lactones) is 1. The van der Waals surface area contributed by atoms with E-state index in [-0.39, 0.29) is 43.7 Å². The first-order valence-corrected chi connectivity index (χ1v) is 22.6. The highest BCUT2D eigenvalue weighted by atomic mass is 16.5. The van der Waals surface area contributed by atoms with Crippen LogP contribution in [0.25, 0.3) is 33.3 Å². The first-order valence-electron chi connectivity index (χ1n) is 22.6. The summed E-state index contributed by atoms with van der Waals surface area (Å²) >= 11 is 0. The van der Waals surface area contributed by atoms with Crippen molar-refractivity contribution >= 4 is 40.5 Å². The predicted octanol–water partition coefficient (Wildman–Crippen LogP) is 4.19. The molecule has 16 heteroatoms. The number of aryl methyl sites for hydroxylation is 1. The Hall–Kier alpha value is -5.84. The van der Waals surface area contributed by atoms with Crippen molar-refractivity contribution < 1.29 is 38.6 Å². The summed E-state index contributed by atoms with van der Waals surface area (Å²) in [5, 5.41) is 19.6. The van der Waals surface area contributed by atoms with Crippen LogP contribution < -0.4 is 16.1 Å². The molecular formula is C49H64N8O8. The van der Waals surface area contributed by atoms with Crippen LogP contribution in [0.15, 0.2) is 54.9 Å². The van der Waals surface area contributed by atoms with Gasteiger partial charge in [-0.2, -0.15) is 0 Å². The molecule has 0 unspecified atom stereocenters. The number of aromatic nitrogens is 2. The van der Waals surface area contributed by atoms with Gasteiger partial charge in [-0.25, -0.2) is 5.43 Å². The zero-order chi connectivity index (χ0) is 47.0. The van der Waals surface area contributed by atoms with Crippen molar-refractivity contribution in [2.75, 3.05) is 47.4 Å². The molecule has 3 aliphatic rings. The van der Waals surface area contributed by atoms with E-state index >= 15 is 0 Å². The van der Waals surface area contributed by atoms with Crippen LogP contribution in [0.5, 0.6) is 5.75 Å². The van der Waals surface area contributed by atoms with Crippen molar-refractivity contribution in [1.29, 1.82) is 0 Å². The number of esters is 1. The van der Waals surface area contributed by atoms with Gasteiger partial charge in [-0.05, 0) is 97.2 Å². The molecule has 0 saturated carbocycles. The second-order valence-electron chi connectivity index (χ2n) is 19.2. The van der Waals surface area contributed by atoms with Gasteiger partial charge in [-0.15, -0.1) is 0 Å². The van der Waals surface area contributed by atoms with E-state index in [2.05, 4.69) is 58.5 Å². The standard InChI is InChI=1S/C49H64N8O8/c1-10-56-40-14-13-31-22-35(40)36(43(56)37-24-50-16-15-32(37)26-64-9)23-48(4,5)28-65-46(62)38-12-11-17-57(53-38)45(61)39(20-30-18-33(31)21-34(58)19-30)52-44(60)42(29(2)3)55(8)41(59)25-54(7)47(63)49(6)27-51-49/h13-16,18-19,21-22,24,29,38-39,42,51,53,58H,10-12,17,20,23,25-28H2,1-9H3,(H,52,60)/t38-,39-,42-,49+/m0/s1. The zero-order valence-electron chi connectivity index (χ0n) is 39.1. The molecule has 5 heterocycles. The number of methoxy groups -OCH3 is 1. The smallest absolute Gasteiger partial charge is 0.324 e. The molecule has 0 spiro atoms. The van der Waals surface area contributed by atoms with Crippen molar-refractivity contribution in [1.82, 2.24) is 40.4 Å². The summed E-state index contributed by atoms with van der Waals surface area (Å²) < 4.78 is 14.0. The molecule has 4 amide bonds. The van der Waals surface area contributed by atoms with Crippen LogP contribution in [0, 0.1) is 11.3 Å². The Kier molecular flexibility index (Phi) is 13.7. The minimum Gasteiger partial charge on any atom is -0.508 e. The Morgan fingerprint density at radius 2 is 1.83 bits per heavy atom. The summed E-state index contributed by atoms with van der Waals surface area (Å²) in [5.74, 6) is -2.59. The molecule has 65 heavy (non-hydrogen) atoms. The van der Waals surface area contributed by atoms with Gasteiger partial charge in [0, 0.05) is 81.5 Å². The Morgan fingerprint density at radius 1 is 1.08 bits per heavy atom. The highest BCUT2D eigenvalue weighted by molar-refractivity contribution is 5.97. The van der Waals surface area contributed by atoms with Crippen LogP contribution in [-0.4, -0.2) is 130 Å². The maximum absolute atomic E-state index is 14.7. The lowest BCUT2D eigenvalue weighted by Gasteiger charge is -2.37. The topological polar surface area (TPSA) is 198 Å². The van der Waals surface area contributed by atoms with Crippen molar-refractivity contribution in [3.05, 3.63) is 71.5 Å². The Labute approximate surface area is 381 Å². The number of pyridine rings is 1. The van der Waals surface area contributed by atoms with Crippen LogP contribution >= 0.6 is 0 Å². The van der Waals surface area contributed by atoms with E-state index in [0.29, 0.717) is 50.1 Å². The van der Waals surface area contributed by atoms with E-state index in [1.165, 1.54) is 21.9 Å². The van der Waals surface area contributed by atoms with Crippen molar-refractivity contribution in [3.8, 4) is 28.1 Å². The van der Waals surface area contributed by atoms with E-state index in [1.54, 1.807) is 39.4 Å². The third-order valence-electron chi connectivity index (χ3n) is 12.9. The van der Waals surface area contributed by atoms with Crippen molar-refractivity contribution in [3.63, 3.8) is 0 Å². The molecule has 0 radical (unpaired) electrons. The van der Waals surface area contributed by atoms with Crippen LogP contribution in [-0.2, 0) is 59.4 Å². The first kappa shape index (κ1) is 47.1. The third-order valence-corrected chi connectivity index (χ3v) is 12.9. The summed E-state index contributed by atoms with van der Waals surface area (Å²) in [6, 6.07) is 10.4. The van der Waals surface area contributed by atoms with Crippen LogP contribution in [0.4, 0.5) is 0 Å². The highest BCUT2D eigenvalue weighted by Gasteiger charge is 2.47. The van der Waals surface area contributed by atoms with E-state index in [9.17, 15) is 29.1 Å². The SMILES string of the molecule is CCn1c(-c2cnccc2COC)c2c3cc(ccc31)-c1cc(O)cc(c1)C[C@H](NC(=O)[C@H](C(C)C)N(C)C(=O)CN(C)C(=O)[C@@]1(C)CN1)C(=O)N1CCC[C@H](N1)C(=O)OCC(C)(C)C2. The number of aromatic hydroxyl groups is 1. The lowest BCUT2D eigenvalue weighted by molar-refractivity contribution is -0.155. The lowest BCUT2D eigenvalue weighted by Crippen LogP contribution is -2.62. The number of ether oxygens (including phenoxy) is 2. The number of rotatable bonds is 11.